The SMILES string of the molecule is CCc1cc2c(N3CCCNC(=O)C3)nc(N)nc2s1. The third-order valence-electron chi connectivity index (χ3n) is 3.35. The average Bonchev–Trinajstić information content (AvgIpc) is 2.71. The van der Waals surface area contributed by atoms with E-state index in [-0.39, 0.29) is 11.9 Å². The van der Waals surface area contributed by atoms with E-state index < -0.39 is 0 Å². The lowest BCUT2D eigenvalue weighted by molar-refractivity contribution is -0.119. The maximum atomic E-state index is 11.7. The summed E-state index contributed by atoms with van der Waals surface area (Å²) in [6.45, 7) is 3.94. The predicted molar refractivity (Wildman–Crippen MR) is 81.0 cm³/mol. The van der Waals surface area contributed by atoms with E-state index in [1.807, 2.05) is 4.90 Å². The first-order valence-electron chi connectivity index (χ1n) is 6.75. The number of nitrogens with zero attached hydrogens (tertiary/aromatic N) is 3. The second-order valence-electron chi connectivity index (χ2n) is 4.82. The molecule has 1 aliphatic rings. The normalized spacial score (nSPS) is 16.2. The molecule has 0 aliphatic carbocycles. The lowest BCUT2D eigenvalue weighted by atomic mass is 10.3. The largest absolute Gasteiger partial charge is 0.368 e. The third-order valence-corrected chi connectivity index (χ3v) is 4.52. The predicted octanol–water partition coefficient (Wildman–Crippen LogP) is 1.16. The van der Waals surface area contributed by atoms with Crippen molar-refractivity contribution in [3.8, 4) is 0 Å². The molecule has 0 atom stereocenters. The third kappa shape index (κ3) is 2.40. The first-order valence-corrected chi connectivity index (χ1v) is 7.56. The average molecular weight is 291 g/mol. The van der Waals surface area contributed by atoms with Crippen molar-refractivity contribution in [3.63, 3.8) is 0 Å². The molecule has 2 aromatic heterocycles. The minimum Gasteiger partial charge on any atom is -0.368 e. The van der Waals surface area contributed by atoms with E-state index in [9.17, 15) is 4.79 Å². The van der Waals surface area contributed by atoms with Crippen LogP contribution >= 0.6 is 11.3 Å². The zero-order chi connectivity index (χ0) is 14.1. The molecule has 0 spiro atoms. The highest BCUT2D eigenvalue weighted by Crippen LogP contribution is 2.32. The number of hydrogen-bond donors (Lipinski definition) is 2. The van der Waals surface area contributed by atoms with Crippen molar-refractivity contribution in [2.75, 3.05) is 30.3 Å². The van der Waals surface area contributed by atoms with Crippen LogP contribution in [0.25, 0.3) is 10.2 Å². The molecule has 1 fully saturated rings. The molecule has 2 aromatic rings. The fraction of sp³-hybridized carbons (Fsp3) is 0.462. The van der Waals surface area contributed by atoms with Crippen LogP contribution in [0.5, 0.6) is 0 Å². The second-order valence-corrected chi connectivity index (χ2v) is 5.93. The van der Waals surface area contributed by atoms with Crippen molar-refractivity contribution in [1.29, 1.82) is 0 Å². The van der Waals surface area contributed by atoms with Crippen molar-refractivity contribution in [1.82, 2.24) is 15.3 Å². The fourth-order valence-electron chi connectivity index (χ4n) is 2.37. The van der Waals surface area contributed by atoms with E-state index >= 15 is 0 Å². The van der Waals surface area contributed by atoms with E-state index in [4.69, 9.17) is 5.73 Å². The molecule has 106 valence electrons. The topological polar surface area (TPSA) is 84.1 Å². The van der Waals surface area contributed by atoms with Crippen LogP contribution in [0, 0.1) is 0 Å². The number of anilines is 2. The van der Waals surface area contributed by atoms with Crippen LogP contribution in [0.15, 0.2) is 6.07 Å². The van der Waals surface area contributed by atoms with Crippen LogP contribution in [0.1, 0.15) is 18.2 Å². The number of amides is 1. The molecular weight excluding hydrogens is 274 g/mol. The molecular formula is C13H17N5OS. The van der Waals surface area contributed by atoms with Crippen LogP contribution in [0.3, 0.4) is 0 Å². The number of nitrogens with one attached hydrogen (secondary N) is 1. The lowest BCUT2D eigenvalue weighted by Gasteiger charge is -2.20. The number of nitrogens with two attached hydrogens (primary N) is 1. The Morgan fingerprint density at radius 3 is 3.15 bits per heavy atom. The van der Waals surface area contributed by atoms with Crippen molar-refractivity contribution in [2.45, 2.75) is 19.8 Å². The summed E-state index contributed by atoms with van der Waals surface area (Å²) in [5.41, 5.74) is 5.81. The molecule has 1 saturated heterocycles. The highest BCUT2D eigenvalue weighted by atomic mass is 32.1. The van der Waals surface area contributed by atoms with Gasteiger partial charge in [-0.05, 0) is 18.9 Å². The quantitative estimate of drug-likeness (QED) is 0.867. The Morgan fingerprint density at radius 2 is 2.35 bits per heavy atom. The second kappa shape index (κ2) is 5.24. The Hall–Kier alpha value is -1.89. The molecule has 20 heavy (non-hydrogen) atoms. The summed E-state index contributed by atoms with van der Waals surface area (Å²) in [7, 11) is 0. The number of rotatable bonds is 2. The Kier molecular flexibility index (Phi) is 3.43. The Morgan fingerprint density at radius 1 is 1.50 bits per heavy atom. The highest BCUT2D eigenvalue weighted by molar-refractivity contribution is 7.18. The smallest absolute Gasteiger partial charge is 0.239 e. The molecule has 6 nitrogen and oxygen atoms in total. The maximum absolute atomic E-state index is 11.7. The van der Waals surface area contributed by atoms with Gasteiger partial charge in [-0.25, -0.2) is 4.98 Å². The number of fused-ring (bicyclic) bond motifs is 1. The fourth-order valence-corrected chi connectivity index (χ4v) is 3.34. The summed E-state index contributed by atoms with van der Waals surface area (Å²) in [5, 5.41) is 3.87. The highest BCUT2D eigenvalue weighted by Gasteiger charge is 2.20. The van der Waals surface area contributed by atoms with Crippen LogP contribution < -0.4 is 16.0 Å². The number of aromatic nitrogens is 2. The molecule has 1 amide bonds. The van der Waals surface area contributed by atoms with Gasteiger partial charge in [0.05, 0.1) is 11.9 Å². The van der Waals surface area contributed by atoms with E-state index in [0.29, 0.717) is 13.1 Å². The molecule has 3 heterocycles. The molecule has 7 heteroatoms. The van der Waals surface area contributed by atoms with E-state index in [0.717, 1.165) is 35.4 Å². The van der Waals surface area contributed by atoms with Gasteiger partial charge in [-0.1, -0.05) is 6.92 Å². The molecule has 0 aromatic carbocycles. The van der Waals surface area contributed by atoms with Crippen LogP contribution in [0.4, 0.5) is 11.8 Å². The molecule has 0 saturated carbocycles. The summed E-state index contributed by atoms with van der Waals surface area (Å²) < 4.78 is 0. The first kappa shape index (κ1) is 13.1. The van der Waals surface area contributed by atoms with Gasteiger partial charge >= 0.3 is 0 Å². The molecule has 3 rings (SSSR count). The summed E-state index contributed by atoms with van der Waals surface area (Å²) in [4.78, 5) is 24.5. The van der Waals surface area contributed by atoms with Crippen molar-refractivity contribution >= 4 is 39.2 Å². The number of aryl methyl sites for hydroxylation is 1. The lowest BCUT2D eigenvalue weighted by Crippen LogP contribution is -2.33. The van der Waals surface area contributed by atoms with Crippen molar-refractivity contribution in [2.24, 2.45) is 0 Å². The zero-order valence-electron chi connectivity index (χ0n) is 11.3. The summed E-state index contributed by atoms with van der Waals surface area (Å²) in [6, 6.07) is 2.11. The van der Waals surface area contributed by atoms with Crippen LogP contribution in [0.2, 0.25) is 0 Å². The van der Waals surface area contributed by atoms with E-state index in [2.05, 4.69) is 28.3 Å². The van der Waals surface area contributed by atoms with Gasteiger partial charge in [-0.3, -0.25) is 4.79 Å². The maximum Gasteiger partial charge on any atom is 0.239 e. The summed E-state index contributed by atoms with van der Waals surface area (Å²) >= 11 is 1.64. The van der Waals surface area contributed by atoms with Crippen molar-refractivity contribution in [3.05, 3.63) is 10.9 Å². The number of nitrogen functional groups attached to an aromatic ring is 1. The first-order chi connectivity index (χ1) is 9.67. The summed E-state index contributed by atoms with van der Waals surface area (Å²) in [5.74, 6) is 1.07. The van der Waals surface area contributed by atoms with Gasteiger partial charge in [0.1, 0.15) is 10.6 Å². The van der Waals surface area contributed by atoms with E-state index in [1.54, 1.807) is 11.3 Å². The van der Waals surface area contributed by atoms with Gasteiger partial charge < -0.3 is 16.0 Å². The van der Waals surface area contributed by atoms with Gasteiger partial charge in [0.25, 0.3) is 0 Å². The Labute approximate surface area is 121 Å². The van der Waals surface area contributed by atoms with E-state index in [1.165, 1.54) is 4.88 Å². The van der Waals surface area contributed by atoms with Gasteiger partial charge in [-0.2, -0.15) is 4.98 Å². The molecule has 0 bridgehead atoms. The standard InChI is InChI=1S/C13H17N5OS/c1-2-8-6-9-11(16-13(14)17-12(9)20-8)18-5-3-4-15-10(19)7-18/h6H,2-5,7H2,1H3,(H,15,19)(H2,14,16,17). The molecule has 0 unspecified atom stereocenters. The summed E-state index contributed by atoms with van der Waals surface area (Å²) in [6.07, 6.45) is 1.86. The Bertz CT molecular complexity index is 653. The molecule has 1 aliphatic heterocycles. The Balaban J connectivity index is 2.08. The minimum absolute atomic E-state index is 0.0266. The van der Waals surface area contributed by atoms with Crippen LogP contribution in [-0.4, -0.2) is 35.5 Å². The molecule has 0 radical (unpaired) electrons. The molecule has 3 N–H and O–H groups in total. The van der Waals surface area contributed by atoms with Gasteiger partial charge in [0, 0.05) is 18.0 Å². The number of thiophene rings is 1. The van der Waals surface area contributed by atoms with Gasteiger partial charge in [0.2, 0.25) is 11.9 Å². The number of carbonyl (C=O) groups excluding carboxylic acids is 1. The van der Waals surface area contributed by atoms with Crippen molar-refractivity contribution < 1.29 is 4.79 Å². The van der Waals surface area contributed by atoms with Gasteiger partial charge in [0.15, 0.2) is 0 Å². The van der Waals surface area contributed by atoms with Gasteiger partial charge in [-0.15, -0.1) is 11.3 Å². The van der Waals surface area contributed by atoms with Crippen LogP contribution in [-0.2, 0) is 11.2 Å². The number of hydrogen-bond acceptors (Lipinski definition) is 6. The zero-order valence-corrected chi connectivity index (χ0v) is 12.2. The number of carbonyl (C=O) groups is 1. The minimum atomic E-state index is 0.0266. The monoisotopic (exact) mass is 291 g/mol.